The van der Waals surface area contributed by atoms with Gasteiger partial charge < -0.3 is 9.88 Å². The third-order valence-electron chi connectivity index (χ3n) is 6.00. The summed E-state index contributed by atoms with van der Waals surface area (Å²) < 4.78 is 2.25. The maximum absolute atomic E-state index is 12.6. The van der Waals surface area contributed by atoms with Crippen molar-refractivity contribution < 1.29 is 4.79 Å². The molecule has 1 N–H and O–H groups in total. The zero-order chi connectivity index (χ0) is 23.4. The first-order valence-electron chi connectivity index (χ1n) is 11.6. The molecule has 2 heterocycles. The van der Waals surface area contributed by atoms with Crippen LogP contribution in [0.15, 0.2) is 64.5 Å². The van der Waals surface area contributed by atoms with E-state index in [0.29, 0.717) is 10.1 Å². The number of hydrogen-bond acceptors (Lipinski definition) is 3. The van der Waals surface area contributed by atoms with Crippen LogP contribution < -0.4 is 5.32 Å². The summed E-state index contributed by atoms with van der Waals surface area (Å²) in [5.74, 6) is -0.103. The summed E-state index contributed by atoms with van der Waals surface area (Å²) >= 11 is 1.39. The van der Waals surface area contributed by atoms with Gasteiger partial charge in [-0.15, -0.1) is 0 Å². The van der Waals surface area contributed by atoms with E-state index in [2.05, 4.69) is 85.0 Å². The number of rotatable bonds is 7. The number of aromatic nitrogens is 1. The van der Waals surface area contributed by atoms with Crippen LogP contribution in [-0.2, 0) is 17.6 Å². The number of nitrogens with one attached hydrogen (secondary N) is 1. The molecular weight excluding hydrogens is 426 g/mol. The number of thioether (sulfide) groups is 1. The number of carbonyl (C=O) groups is 1. The highest BCUT2D eigenvalue weighted by atomic mass is 32.2. The molecule has 0 spiro atoms. The molecule has 0 saturated carbocycles. The predicted octanol–water partition coefficient (Wildman–Crippen LogP) is 6.89. The average Bonchev–Trinajstić information content (AvgIpc) is 3.30. The predicted molar refractivity (Wildman–Crippen MR) is 140 cm³/mol. The van der Waals surface area contributed by atoms with Crippen molar-refractivity contribution in [2.24, 2.45) is 4.99 Å². The quantitative estimate of drug-likeness (QED) is 0.393. The molecule has 1 aromatic heterocycles. The van der Waals surface area contributed by atoms with Gasteiger partial charge in [-0.3, -0.25) is 4.79 Å². The molecule has 1 fully saturated rings. The van der Waals surface area contributed by atoms with Gasteiger partial charge in [-0.05, 0) is 98.0 Å². The monoisotopic (exact) mass is 457 g/mol. The zero-order valence-electron chi connectivity index (χ0n) is 19.8. The first-order valence-corrected chi connectivity index (χ1v) is 12.5. The number of amidine groups is 1. The van der Waals surface area contributed by atoms with Gasteiger partial charge in [0.05, 0.1) is 10.6 Å². The Labute approximate surface area is 200 Å². The lowest BCUT2D eigenvalue weighted by atomic mass is 10.1. The molecule has 1 aliphatic rings. The minimum Gasteiger partial charge on any atom is -0.318 e. The molecule has 5 heteroatoms. The Morgan fingerprint density at radius 1 is 1.00 bits per heavy atom. The maximum Gasteiger partial charge on any atom is 0.264 e. The van der Waals surface area contributed by atoms with Crippen LogP contribution in [0.2, 0.25) is 0 Å². The van der Waals surface area contributed by atoms with Crippen molar-refractivity contribution >= 4 is 34.6 Å². The number of hydrogen-bond donors (Lipinski definition) is 1. The topological polar surface area (TPSA) is 46.4 Å². The number of carbonyl (C=O) groups excluding carboxylic acids is 1. The number of nitrogens with zero attached hydrogens (tertiary/aromatic N) is 2. The lowest BCUT2D eigenvalue weighted by molar-refractivity contribution is -0.115. The highest BCUT2D eigenvalue weighted by molar-refractivity contribution is 8.18. The molecule has 0 aliphatic carbocycles. The Kier molecular flexibility index (Phi) is 7.19. The molecule has 0 bridgehead atoms. The lowest BCUT2D eigenvalue weighted by Gasteiger charge is -2.11. The smallest absolute Gasteiger partial charge is 0.264 e. The van der Waals surface area contributed by atoms with Gasteiger partial charge in [0, 0.05) is 17.1 Å². The lowest BCUT2D eigenvalue weighted by Crippen LogP contribution is -2.19. The third kappa shape index (κ3) is 5.31. The van der Waals surface area contributed by atoms with Crippen LogP contribution in [0.4, 0.5) is 5.69 Å². The van der Waals surface area contributed by atoms with E-state index < -0.39 is 0 Å². The van der Waals surface area contributed by atoms with Crippen molar-refractivity contribution in [3.05, 3.63) is 87.6 Å². The maximum atomic E-state index is 12.6. The fraction of sp³-hybridized carbons (Fsp3) is 0.286. The summed E-state index contributed by atoms with van der Waals surface area (Å²) in [5, 5.41) is 3.51. The largest absolute Gasteiger partial charge is 0.318 e. The van der Waals surface area contributed by atoms with E-state index in [1.54, 1.807) is 0 Å². The molecule has 1 aliphatic heterocycles. The van der Waals surface area contributed by atoms with Crippen LogP contribution in [0.1, 0.15) is 54.8 Å². The van der Waals surface area contributed by atoms with Gasteiger partial charge in [0.2, 0.25) is 0 Å². The molecular formula is C28H31N3OS. The summed E-state index contributed by atoms with van der Waals surface area (Å²) in [6, 6.07) is 19.1. The van der Waals surface area contributed by atoms with Crippen LogP contribution in [0.25, 0.3) is 11.8 Å². The van der Waals surface area contributed by atoms with Gasteiger partial charge in [0.25, 0.3) is 5.91 Å². The SMILES string of the molecule is CCCCc1ccc(-n2c(C)cc(/C=C3\SC(=Nc4ccc(CC)cc4)NC3=O)c2C)cc1. The van der Waals surface area contributed by atoms with E-state index in [4.69, 9.17) is 0 Å². The molecule has 33 heavy (non-hydrogen) atoms. The third-order valence-corrected chi connectivity index (χ3v) is 6.91. The van der Waals surface area contributed by atoms with Gasteiger partial charge >= 0.3 is 0 Å². The Morgan fingerprint density at radius 3 is 2.36 bits per heavy atom. The van der Waals surface area contributed by atoms with E-state index in [0.717, 1.165) is 41.2 Å². The van der Waals surface area contributed by atoms with Crippen LogP contribution in [0.3, 0.4) is 0 Å². The number of amides is 1. The zero-order valence-corrected chi connectivity index (χ0v) is 20.6. The first-order chi connectivity index (χ1) is 16.0. The van der Waals surface area contributed by atoms with E-state index in [1.807, 2.05) is 18.2 Å². The normalized spacial score (nSPS) is 16.1. The summed E-state index contributed by atoms with van der Waals surface area (Å²) in [7, 11) is 0. The van der Waals surface area contributed by atoms with Crippen LogP contribution >= 0.6 is 11.8 Å². The molecule has 0 radical (unpaired) electrons. The molecule has 0 unspecified atom stereocenters. The summed E-state index contributed by atoms with van der Waals surface area (Å²) in [6.07, 6.45) is 6.51. The highest BCUT2D eigenvalue weighted by Crippen LogP contribution is 2.30. The molecule has 1 amide bonds. The standard InChI is InChI=1S/C28H31N3OS/c1-5-7-8-22-11-15-25(16-12-22)31-19(3)17-23(20(31)4)18-26-27(32)30-28(33-26)29-24-13-9-21(6-2)10-14-24/h9-18H,5-8H2,1-4H3,(H,29,30,32)/b26-18-. The molecule has 0 atom stereocenters. The molecule has 1 saturated heterocycles. The Morgan fingerprint density at radius 2 is 1.70 bits per heavy atom. The van der Waals surface area contributed by atoms with Crippen molar-refractivity contribution in [3.63, 3.8) is 0 Å². The molecule has 4 rings (SSSR count). The minimum absolute atomic E-state index is 0.103. The number of unbranched alkanes of at least 4 members (excludes halogenated alkanes) is 1. The summed E-state index contributed by atoms with van der Waals surface area (Å²) in [6.45, 7) is 8.56. The van der Waals surface area contributed by atoms with E-state index >= 15 is 0 Å². The van der Waals surface area contributed by atoms with Gasteiger partial charge in [-0.25, -0.2) is 4.99 Å². The van der Waals surface area contributed by atoms with Gasteiger partial charge in [0.15, 0.2) is 5.17 Å². The second-order valence-electron chi connectivity index (χ2n) is 8.43. The Bertz CT molecular complexity index is 1200. The summed E-state index contributed by atoms with van der Waals surface area (Å²) in [5.41, 5.74) is 7.96. The van der Waals surface area contributed by atoms with E-state index in [-0.39, 0.29) is 5.91 Å². The number of aliphatic imine (C=N–C) groups is 1. The average molecular weight is 458 g/mol. The Hall–Kier alpha value is -3.05. The van der Waals surface area contributed by atoms with Crippen molar-refractivity contribution in [1.29, 1.82) is 0 Å². The molecule has 4 nitrogen and oxygen atoms in total. The molecule has 3 aromatic rings. The minimum atomic E-state index is -0.103. The van der Waals surface area contributed by atoms with Crippen molar-refractivity contribution in [3.8, 4) is 5.69 Å². The number of benzene rings is 2. The highest BCUT2D eigenvalue weighted by Gasteiger charge is 2.24. The van der Waals surface area contributed by atoms with Gasteiger partial charge in [-0.2, -0.15) is 0 Å². The van der Waals surface area contributed by atoms with Crippen LogP contribution in [0.5, 0.6) is 0 Å². The fourth-order valence-electron chi connectivity index (χ4n) is 4.07. The Balaban J connectivity index is 1.55. The van der Waals surface area contributed by atoms with Crippen molar-refractivity contribution in [2.75, 3.05) is 0 Å². The van der Waals surface area contributed by atoms with Gasteiger partial charge in [-0.1, -0.05) is 44.5 Å². The first kappa shape index (κ1) is 23.1. The molecule has 170 valence electrons. The van der Waals surface area contributed by atoms with Gasteiger partial charge in [0.1, 0.15) is 0 Å². The van der Waals surface area contributed by atoms with Crippen molar-refractivity contribution in [1.82, 2.24) is 9.88 Å². The van der Waals surface area contributed by atoms with E-state index in [9.17, 15) is 4.79 Å². The summed E-state index contributed by atoms with van der Waals surface area (Å²) in [4.78, 5) is 17.8. The van der Waals surface area contributed by atoms with Crippen LogP contribution in [-0.4, -0.2) is 15.6 Å². The molecule has 2 aromatic carbocycles. The second kappa shape index (κ2) is 10.3. The number of aryl methyl sites for hydroxylation is 3. The van der Waals surface area contributed by atoms with Crippen molar-refractivity contribution in [2.45, 2.75) is 53.4 Å². The van der Waals surface area contributed by atoms with Crippen LogP contribution in [0, 0.1) is 13.8 Å². The fourth-order valence-corrected chi connectivity index (χ4v) is 4.90. The van der Waals surface area contributed by atoms with E-state index in [1.165, 1.54) is 35.7 Å². The second-order valence-corrected chi connectivity index (χ2v) is 9.46.